The molecule has 0 radical (unpaired) electrons. The number of hydrogen-bond acceptors (Lipinski definition) is 3. The number of nitrogens with one attached hydrogen (secondary N) is 1. The summed E-state index contributed by atoms with van der Waals surface area (Å²) in [7, 11) is 2.09. The number of alkyl carbamates (subject to hydrolysis) is 1. The van der Waals surface area contributed by atoms with Crippen molar-refractivity contribution in [1.82, 2.24) is 10.2 Å². The van der Waals surface area contributed by atoms with Crippen molar-refractivity contribution in [2.45, 2.75) is 64.5 Å². The summed E-state index contributed by atoms with van der Waals surface area (Å²) in [5.41, 5.74) is 2.05. The predicted molar refractivity (Wildman–Crippen MR) is 106 cm³/mol. The van der Waals surface area contributed by atoms with Gasteiger partial charge in [-0.1, -0.05) is 36.1 Å². The van der Waals surface area contributed by atoms with Gasteiger partial charge in [-0.25, -0.2) is 4.79 Å². The smallest absolute Gasteiger partial charge is 0.407 e. The Morgan fingerprint density at radius 1 is 1.20 bits per heavy atom. The predicted octanol–water partition coefficient (Wildman–Crippen LogP) is 2.26. The minimum Gasteiger partial charge on any atom is -0.444 e. The first kappa shape index (κ1) is 19.8. The van der Waals surface area contributed by atoms with Gasteiger partial charge in [0, 0.05) is 12.6 Å². The molecule has 1 aliphatic rings. The van der Waals surface area contributed by atoms with E-state index in [2.05, 4.69) is 42.3 Å². The standard InChI is InChI=1S/C20H33BN2O2/c1-20(2,3)25-19(24)22-18(11-14-23-12-5-4-6-13-23)15-16-7-9-17(21)10-8-16/h7-10,18H,4-6,11-15,21H2,1-3H3,(H,22,24)/t18-/m0/s1. The van der Waals surface area contributed by atoms with Gasteiger partial charge in [-0.2, -0.15) is 0 Å². The lowest BCUT2D eigenvalue weighted by molar-refractivity contribution is 0.0497. The summed E-state index contributed by atoms with van der Waals surface area (Å²) in [6, 6.07) is 8.66. The third-order valence-electron chi connectivity index (χ3n) is 4.57. The quantitative estimate of drug-likeness (QED) is 0.805. The van der Waals surface area contributed by atoms with E-state index >= 15 is 0 Å². The highest BCUT2D eigenvalue weighted by Gasteiger charge is 2.21. The molecule has 1 heterocycles. The molecule has 5 heteroatoms. The zero-order valence-electron chi connectivity index (χ0n) is 16.3. The zero-order valence-corrected chi connectivity index (χ0v) is 16.3. The molecule has 0 saturated carbocycles. The monoisotopic (exact) mass is 344 g/mol. The number of carbonyl (C=O) groups excluding carboxylic acids is 1. The number of ether oxygens (including phenoxy) is 1. The van der Waals surface area contributed by atoms with Crippen LogP contribution in [0.2, 0.25) is 0 Å². The van der Waals surface area contributed by atoms with E-state index < -0.39 is 5.60 Å². The Kier molecular flexibility index (Phi) is 7.36. The Morgan fingerprint density at radius 3 is 2.44 bits per heavy atom. The normalized spacial score (nSPS) is 17.1. The van der Waals surface area contributed by atoms with Crippen LogP contribution < -0.4 is 10.8 Å². The molecule has 1 aromatic rings. The molecule has 138 valence electrons. The van der Waals surface area contributed by atoms with Gasteiger partial charge in [-0.05, 0) is 65.1 Å². The molecule has 1 amide bonds. The summed E-state index contributed by atoms with van der Waals surface area (Å²) < 4.78 is 5.45. The maximum absolute atomic E-state index is 12.2. The Morgan fingerprint density at radius 2 is 1.84 bits per heavy atom. The van der Waals surface area contributed by atoms with Gasteiger partial charge in [0.1, 0.15) is 13.4 Å². The van der Waals surface area contributed by atoms with Crippen LogP contribution in [0.25, 0.3) is 0 Å². The van der Waals surface area contributed by atoms with Crippen LogP contribution in [0.3, 0.4) is 0 Å². The molecule has 2 rings (SSSR count). The van der Waals surface area contributed by atoms with Gasteiger partial charge < -0.3 is 15.0 Å². The van der Waals surface area contributed by atoms with Gasteiger partial charge in [-0.3, -0.25) is 0 Å². The number of rotatable bonds is 6. The molecule has 0 spiro atoms. The highest BCUT2D eigenvalue weighted by molar-refractivity contribution is 6.32. The molecule has 1 N–H and O–H groups in total. The van der Waals surface area contributed by atoms with E-state index in [0.717, 1.165) is 19.4 Å². The molecule has 0 aliphatic carbocycles. The second-order valence-corrected chi connectivity index (χ2v) is 8.22. The van der Waals surface area contributed by atoms with E-state index in [1.807, 2.05) is 20.8 Å². The maximum atomic E-state index is 12.2. The molecule has 1 aliphatic heterocycles. The molecule has 0 unspecified atom stereocenters. The molecular formula is C20H33BN2O2. The van der Waals surface area contributed by atoms with E-state index in [0.29, 0.717) is 0 Å². The summed E-state index contributed by atoms with van der Waals surface area (Å²) in [6.45, 7) is 9.10. The van der Waals surface area contributed by atoms with E-state index in [1.54, 1.807) is 0 Å². The molecule has 25 heavy (non-hydrogen) atoms. The van der Waals surface area contributed by atoms with Gasteiger partial charge >= 0.3 is 6.09 Å². The Balaban J connectivity index is 1.93. The second-order valence-electron chi connectivity index (χ2n) is 8.22. The molecule has 1 saturated heterocycles. The minimum atomic E-state index is -0.467. The number of benzene rings is 1. The van der Waals surface area contributed by atoms with Crippen LogP contribution in [0.1, 0.15) is 52.0 Å². The highest BCUT2D eigenvalue weighted by Crippen LogP contribution is 2.13. The molecule has 0 bridgehead atoms. The summed E-state index contributed by atoms with van der Waals surface area (Å²) in [6.07, 6.45) is 5.41. The molecule has 0 aromatic heterocycles. The number of piperidine rings is 1. The molecule has 1 atom stereocenters. The van der Waals surface area contributed by atoms with Crippen molar-refractivity contribution in [2.24, 2.45) is 0 Å². The van der Waals surface area contributed by atoms with Crippen LogP contribution in [-0.2, 0) is 11.2 Å². The first-order valence-corrected chi connectivity index (χ1v) is 9.59. The number of likely N-dealkylation sites (tertiary alicyclic amines) is 1. The van der Waals surface area contributed by atoms with Crippen molar-refractivity contribution in [3.05, 3.63) is 29.8 Å². The van der Waals surface area contributed by atoms with Crippen molar-refractivity contribution in [3.63, 3.8) is 0 Å². The fraction of sp³-hybridized carbons (Fsp3) is 0.650. The van der Waals surface area contributed by atoms with Gasteiger partial charge in [0.2, 0.25) is 0 Å². The lowest BCUT2D eigenvalue weighted by Gasteiger charge is -2.29. The maximum Gasteiger partial charge on any atom is 0.407 e. The van der Waals surface area contributed by atoms with Crippen LogP contribution in [0, 0.1) is 0 Å². The second kappa shape index (κ2) is 9.28. The van der Waals surface area contributed by atoms with Gasteiger partial charge in [0.05, 0.1) is 0 Å². The Bertz CT molecular complexity index is 534. The van der Waals surface area contributed by atoms with Gasteiger partial charge in [0.15, 0.2) is 0 Å². The lowest BCUT2D eigenvalue weighted by atomic mass is 9.93. The fourth-order valence-electron chi connectivity index (χ4n) is 3.23. The van der Waals surface area contributed by atoms with E-state index in [4.69, 9.17) is 4.74 Å². The topological polar surface area (TPSA) is 41.6 Å². The first-order chi connectivity index (χ1) is 11.8. The van der Waals surface area contributed by atoms with Crippen LogP contribution in [0.4, 0.5) is 4.79 Å². The van der Waals surface area contributed by atoms with E-state index in [1.165, 1.54) is 43.4 Å². The van der Waals surface area contributed by atoms with Crippen molar-refractivity contribution >= 4 is 19.4 Å². The summed E-state index contributed by atoms with van der Waals surface area (Å²) in [5, 5.41) is 3.09. The summed E-state index contributed by atoms with van der Waals surface area (Å²) in [4.78, 5) is 14.7. The van der Waals surface area contributed by atoms with Crippen LogP contribution in [-0.4, -0.2) is 50.1 Å². The lowest BCUT2D eigenvalue weighted by Crippen LogP contribution is -2.42. The Hall–Kier alpha value is -1.49. The highest BCUT2D eigenvalue weighted by atomic mass is 16.6. The van der Waals surface area contributed by atoms with Crippen molar-refractivity contribution in [3.8, 4) is 0 Å². The number of carbonyl (C=O) groups is 1. The summed E-state index contributed by atoms with van der Waals surface area (Å²) >= 11 is 0. The minimum absolute atomic E-state index is 0.0967. The average Bonchev–Trinajstić information content (AvgIpc) is 2.54. The molecular weight excluding hydrogens is 311 g/mol. The third-order valence-corrected chi connectivity index (χ3v) is 4.57. The van der Waals surface area contributed by atoms with E-state index in [9.17, 15) is 4.79 Å². The van der Waals surface area contributed by atoms with Crippen LogP contribution in [0.15, 0.2) is 24.3 Å². The largest absolute Gasteiger partial charge is 0.444 e. The Labute approximate surface area is 153 Å². The van der Waals surface area contributed by atoms with Crippen molar-refractivity contribution < 1.29 is 9.53 Å². The average molecular weight is 344 g/mol. The van der Waals surface area contributed by atoms with Crippen molar-refractivity contribution in [1.29, 1.82) is 0 Å². The molecule has 1 fully saturated rings. The first-order valence-electron chi connectivity index (χ1n) is 9.59. The number of nitrogens with zero attached hydrogens (tertiary/aromatic N) is 1. The van der Waals surface area contributed by atoms with Gasteiger partial charge in [0.25, 0.3) is 0 Å². The SMILES string of the molecule is Bc1ccc(C[C@H](CCN2CCCCC2)NC(=O)OC(C)(C)C)cc1. The zero-order chi connectivity index (χ0) is 18.3. The van der Waals surface area contributed by atoms with Gasteiger partial charge in [-0.15, -0.1) is 0 Å². The van der Waals surface area contributed by atoms with E-state index in [-0.39, 0.29) is 12.1 Å². The molecule has 1 aromatic carbocycles. The summed E-state index contributed by atoms with van der Waals surface area (Å²) in [5.74, 6) is 0. The fourth-order valence-corrected chi connectivity index (χ4v) is 3.23. The number of hydrogen-bond donors (Lipinski definition) is 1. The van der Waals surface area contributed by atoms with Crippen LogP contribution >= 0.6 is 0 Å². The van der Waals surface area contributed by atoms with Crippen molar-refractivity contribution in [2.75, 3.05) is 19.6 Å². The third kappa shape index (κ3) is 7.95. The molecule has 4 nitrogen and oxygen atoms in total. The van der Waals surface area contributed by atoms with Crippen LogP contribution in [0.5, 0.6) is 0 Å². The number of amides is 1.